The van der Waals surface area contributed by atoms with Crippen LogP contribution >= 0.6 is 15.9 Å². The minimum Gasteiger partial charge on any atom is -0.506 e. The van der Waals surface area contributed by atoms with E-state index in [0.717, 1.165) is 16.7 Å². The van der Waals surface area contributed by atoms with E-state index in [1.807, 2.05) is 26.1 Å². The molecule has 3 nitrogen and oxygen atoms in total. The van der Waals surface area contributed by atoms with Crippen LogP contribution in [0.25, 0.3) is 11.0 Å². The largest absolute Gasteiger partial charge is 0.506 e. The van der Waals surface area contributed by atoms with Gasteiger partial charge in [0, 0.05) is 17.5 Å². The molecule has 0 aliphatic rings. The summed E-state index contributed by atoms with van der Waals surface area (Å²) in [4.78, 5) is 0. The number of aromatic hydroxyl groups is 1. The second-order valence-electron chi connectivity index (χ2n) is 3.50. The first-order valence-corrected chi connectivity index (χ1v) is 5.48. The summed E-state index contributed by atoms with van der Waals surface area (Å²) >= 11 is 3.34. The van der Waals surface area contributed by atoms with E-state index >= 15 is 0 Å². The molecule has 2 N–H and O–H groups in total. The number of fused-ring (bicyclic) bond motifs is 1. The summed E-state index contributed by atoms with van der Waals surface area (Å²) in [5, 5.41) is 13.9. The van der Waals surface area contributed by atoms with E-state index in [4.69, 9.17) is 4.42 Å². The SMILES string of the molecule is CNCc1cc2cc(C)oc2c(Br)c1O. The zero-order valence-electron chi connectivity index (χ0n) is 8.60. The van der Waals surface area contributed by atoms with Crippen LogP contribution < -0.4 is 5.32 Å². The van der Waals surface area contributed by atoms with Gasteiger partial charge in [-0.1, -0.05) is 0 Å². The summed E-state index contributed by atoms with van der Waals surface area (Å²) in [6.45, 7) is 2.52. The van der Waals surface area contributed by atoms with Gasteiger partial charge in [-0.3, -0.25) is 0 Å². The zero-order chi connectivity index (χ0) is 11.0. The van der Waals surface area contributed by atoms with E-state index in [0.29, 0.717) is 16.6 Å². The van der Waals surface area contributed by atoms with Crippen LogP contribution in [0.3, 0.4) is 0 Å². The topological polar surface area (TPSA) is 45.4 Å². The van der Waals surface area contributed by atoms with Gasteiger partial charge in [0.05, 0.1) is 0 Å². The molecule has 0 bridgehead atoms. The molecule has 0 atom stereocenters. The highest BCUT2D eigenvalue weighted by Crippen LogP contribution is 2.37. The third kappa shape index (κ3) is 1.75. The first-order valence-electron chi connectivity index (χ1n) is 4.68. The Hall–Kier alpha value is -1.00. The number of hydrogen-bond donors (Lipinski definition) is 2. The lowest BCUT2D eigenvalue weighted by molar-refractivity contribution is 0.461. The molecule has 0 fully saturated rings. The van der Waals surface area contributed by atoms with Gasteiger partial charge in [0.2, 0.25) is 0 Å². The highest BCUT2D eigenvalue weighted by Gasteiger charge is 2.13. The molecule has 15 heavy (non-hydrogen) atoms. The molecule has 2 rings (SSSR count). The molecular formula is C11H12BrNO2. The monoisotopic (exact) mass is 269 g/mol. The predicted molar refractivity (Wildman–Crippen MR) is 63.1 cm³/mol. The number of nitrogens with one attached hydrogen (secondary N) is 1. The van der Waals surface area contributed by atoms with Crippen LogP contribution in [0.1, 0.15) is 11.3 Å². The lowest BCUT2D eigenvalue weighted by atomic mass is 10.1. The Morgan fingerprint density at radius 3 is 2.87 bits per heavy atom. The molecule has 0 spiro atoms. The molecule has 1 heterocycles. The summed E-state index contributed by atoms with van der Waals surface area (Å²) in [7, 11) is 1.85. The standard InChI is InChI=1S/C11H12BrNO2/c1-6-3-7-4-8(5-13-2)10(14)9(12)11(7)15-6/h3-4,13-14H,5H2,1-2H3. The predicted octanol–water partition coefficient (Wildman–Crippen LogP) is 2.93. The molecule has 0 radical (unpaired) electrons. The van der Waals surface area contributed by atoms with Gasteiger partial charge in [-0.05, 0) is 42.0 Å². The van der Waals surface area contributed by atoms with Crippen molar-refractivity contribution in [3.63, 3.8) is 0 Å². The molecule has 0 saturated carbocycles. The van der Waals surface area contributed by atoms with Crippen molar-refractivity contribution >= 4 is 26.9 Å². The summed E-state index contributed by atoms with van der Waals surface area (Å²) in [5.74, 6) is 1.08. The number of halogens is 1. The van der Waals surface area contributed by atoms with Crippen molar-refractivity contribution in [2.24, 2.45) is 0 Å². The fraction of sp³-hybridized carbons (Fsp3) is 0.273. The average molecular weight is 270 g/mol. The van der Waals surface area contributed by atoms with Crippen molar-refractivity contribution in [3.8, 4) is 5.75 Å². The Labute approximate surface area is 96.2 Å². The van der Waals surface area contributed by atoms with Crippen molar-refractivity contribution in [1.29, 1.82) is 0 Å². The zero-order valence-corrected chi connectivity index (χ0v) is 10.2. The Bertz CT molecular complexity index is 505. The van der Waals surface area contributed by atoms with Crippen molar-refractivity contribution in [2.75, 3.05) is 7.05 Å². The van der Waals surface area contributed by atoms with Crippen LogP contribution in [0.2, 0.25) is 0 Å². The minimum atomic E-state index is 0.242. The molecule has 4 heteroatoms. The number of benzene rings is 1. The minimum absolute atomic E-state index is 0.242. The smallest absolute Gasteiger partial charge is 0.152 e. The summed E-state index contributed by atoms with van der Waals surface area (Å²) in [6, 6.07) is 3.89. The van der Waals surface area contributed by atoms with Crippen molar-refractivity contribution < 1.29 is 9.52 Å². The molecule has 1 aromatic heterocycles. The van der Waals surface area contributed by atoms with Crippen LogP contribution in [0.4, 0.5) is 0 Å². The van der Waals surface area contributed by atoms with Gasteiger partial charge in [0.25, 0.3) is 0 Å². The Balaban J connectivity index is 2.70. The van der Waals surface area contributed by atoms with Gasteiger partial charge in [0.15, 0.2) is 5.58 Å². The second kappa shape index (κ2) is 3.87. The van der Waals surface area contributed by atoms with Crippen molar-refractivity contribution in [1.82, 2.24) is 5.32 Å². The third-order valence-corrected chi connectivity index (χ3v) is 3.03. The summed E-state index contributed by atoms with van der Waals surface area (Å²) < 4.78 is 6.11. The molecule has 1 aromatic carbocycles. The van der Waals surface area contributed by atoms with Gasteiger partial charge >= 0.3 is 0 Å². The summed E-state index contributed by atoms with van der Waals surface area (Å²) in [6.07, 6.45) is 0. The van der Waals surface area contributed by atoms with Crippen molar-refractivity contribution in [3.05, 3.63) is 27.9 Å². The van der Waals surface area contributed by atoms with Gasteiger partial charge < -0.3 is 14.8 Å². The average Bonchev–Trinajstić information content (AvgIpc) is 2.56. The quantitative estimate of drug-likeness (QED) is 0.881. The summed E-state index contributed by atoms with van der Waals surface area (Å²) in [5.41, 5.74) is 1.56. The molecule has 0 aliphatic heterocycles. The Kier molecular flexibility index (Phi) is 2.71. The maximum atomic E-state index is 9.89. The Morgan fingerprint density at radius 1 is 1.47 bits per heavy atom. The molecule has 0 amide bonds. The van der Waals surface area contributed by atoms with Gasteiger partial charge in [-0.2, -0.15) is 0 Å². The Morgan fingerprint density at radius 2 is 2.20 bits per heavy atom. The maximum Gasteiger partial charge on any atom is 0.152 e. The number of rotatable bonds is 2. The van der Waals surface area contributed by atoms with Gasteiger partial charge in [0.1, 0.15) is 16.0 Å². The molecule has 0 saturated heterocycles. The van der Waals surface area contributed by atoms with Crippen molar-refractivity contribution in [2.45, 2.75) is 13.5 Å². The third-order valence-electron chi connectivity index (χ3n) is 2.29. The van der Waals surface area contributed by atoms with Crippen LogP contribution in [0.15, 0.2) is 21.0 Å². The number of hydrogen-bond acceptors (Lipinski definition) is 3. The van der Waals surface area contributed by atoms with Crippen LogP contribution in [0.5, 0.6) is 5.75 Å². The van der Waals surface area contributed by atoms with Crippen LogP contribution in [-0.4, -0.2) is 12.2 Å². The normalized spacial score (nSPS) is 11.1. The first-order chi connectivity index (χ1) is 7.13. The molecule has 0 aliphatic carbocycles. The van der Waals surface area contributed by atoms with E-state index < -0.39 is 0 Å². The highest BCUT2D eigenvalue weighted by molar-refractivity contribution is 9.10. The van der Waals surface area contributed by atoms with Gasteiger partial charge in [-0.15, -0.1) is 0 Å². The van der Waals surface area contributed by atoms with E-state index in [1.54, 1.807) is 0 Å². The fourth-order valence-electron chi connectivity index (χ4n) is 1.64. The molecular weight excluding hydrogens is 258 g/mol. The van der Waals surface area contributed by atoms with Crippen LogP contribution in [0, 0.1) is 6.92 Å². The highest BCUT2D eigenvalue weighted by atomic mass is 79.9. The van der Waals surface area contributed by atoms with Crippen LogP contribution in [-0.2, 0) is 6.54 Å². The lowest BCUT2D eigenvalue weighted by Gasteiger charge is -2.05. The van der Waals surface area contributed by atoms with Gasteiger partial charge in [-0.25, -0.2) is 0 Å². The molecule has 80 valence electrons. The second-order valence-corrected chi connectivity index (χ2v) is 4.30. The van der Waals surface area contributed by atoms with E-state index in [9.17, 15) is 5.11 Å². The fourth-order valence-corrected chi connectivity index (χ4v) is 2.21. The number of furan rings is 1. The number of phenolic OH excluding ortho intramolecular Hbond substituents is 1. The first kappa shape index (κ1) is 10.5. The molecule has 2 aromatic rings. The van der Waals surface area contributed by atoms with E-state index in [-0.39, 0.29) is 5.75 Å². The maximum absolute atomic E-state index is 9.89. The number of phenols is 1. The van der Waals surface area contributed by atoms with E-state index in [1.165, 1.54) is 0 Å². The number of aryl methyl sites for hydroxylation is 1. The van der Waals surface area contributed by atoms with E-state index in [2.05, 4.69) is 21.2 Å². The lowest BCUT2D eigenvalue weighted by Crippen LogP contribution is -2.05. The molecule has 0 unspecified atom stereocenters.